The molecule has 0 aromatic carbocycles. The maximum Gasteiger partial charge on any atom is 0.288 e. The fraction of sp³-hybridized carbons (Fsp3) is 0.500. The lowest BCUT2D eigenvalue weighted by Gasteiger charge is -2.18. The number of pyridine rings is 1. The zero-order chi connectivity index (χ0) is 14.6. The molecule has 0 saturated carbocycles. The second-order valence-electron chi connectivity index (χ2n) is 4.70. The molecular formula is C12H16ClN3O3. The molecular weight excluding hydrogens is 270 g/mol. The number of nitrogens with zero attached hydrogens (tertiary/aromatic N) is 3. The van der Waals surface area contributed by atoms with E-state index < -0.39 is 4.92 Å². The van der Waals surface area contributed by atoms with Crippen LogP contribution in [0.15, 0.2) is 12.3 Å². The summed E-state index contributed by atoms with van der Waals surface area (Å²) in [5.41, 5.74) is -0.188. The second-order valence-corrected chi connectivity index (χ2v) is 5.06. The summed E-state index contributed by atoms with van der Waals surface area (Å²) in [5, 5.41) is 10.6. The van der Waals surface area contributed by atoms with Gasteiger partial charge >= 0.3 is 0 Å². The van der Waals surface area contributed by atoms with Crippen LogP contribution in [0.1, 0.15) is 30.6 Å². The molecule has 0 aliphatic rings. The summed E-state index contributed by atoms with van der Waals surface area (Å²) in [6.45, 7) is 4.68. The van der Waals surface area contributed by atoms with Gasteiger partial charge in [0, 0.05) is 19.7 Å². The van der Waals surface area contributed by atoms with Crippen LogP contribution in [0.4, 0.5) is 5.69 Å². The van der Waals surface area contributed by atoms with Gasteiger partial charge in [-0.1, -0.05) is 25.4 Å². The Morgan fingerprint density at radius 1 is 1.58 bits per heavy atom. The van der Waals surface area contributed by atoms with E-state index in [0.717, 1.165) is 18.7 Å². The third-order valence-corrected chi connectivity index (χ3v) is 2.96. The third kappa shape index (κ3) is 4.17. The first-order valence-electron chi connectivity index (χ1n) is 5.88. The third-order valence-electron chi connectivity index (χ3n) is 2.65. The zero-order valence-corrected chi connectivity index (χ0v) is 11.8. The van der Waals surface area contributed by atoms with Crippen LogP contribution in [0, 0.1) is 16.0 Å². The summed E-state index contributed by atoms with van der Waals surface area (Å²) in [7, 11) is 1.64. The van der Waals surface area contributed by atoms with E-state index in [0.29, 0.717) is 12.5 Å². The zero-order valence-electron chi connectivity index (χ0n) is 11.1. The van der Waals surface area contributed by atoms with E-state index in [-0.39, 0.29) is 22.3 Å². The molecule has 0 unspecified atom stereocenters. The predicted octanol–water partition coefficient (Wildman–Crippen LogP) is 2.76. The summed E-state index contributed by atoms with van der Waals surface area (Å²) >= 11 is 5.82. The Morgan fingerprint density at radius 2 is 2.21 bits per heavy atom. The van der Waals surface area contributed by atoms with Crippen molar-refractivity contribution in [3.63, 3.8) is 0 Å². The van der Waals surface area contributed by atoms with Crippen LogP contribution in [0.25, 0.3) is 0 Å². The van der Waals surface area contributed by atoms with E-state index in [9.17, 15) is 14.9 Å². The number of rotatable bonds is 5. The number of halogens is 1. The Bertz CT molecular complexity index is 491. The normalized spacial score (nSPS) is 10.6. The second kappa shape index (κ2) is 6.47. The molecule has 1 rings (SSSR count). The van der Waals surface area contributed by atoms with Crippen LogP contribution >= 0.6 is 11.6 Å². The summed E-state index contributed by atoms with van der Waals surface area (Å²) < 4.78 is 0. The van der Waals surface area contributed by atoms with E-state index >= 15 is 0 Å². The number of hydrogen-bond donors (Lipinski definition) is 0. The summed E-state index contributed by atoms with van der Waals surface area (Å²) in [5.74, 6) is 0.107. The summed E-state index contributed by atoms with van der Waals surface area (Å²) in [4.78, 5) is 27.4. The molecule has 0 bridgehead atoms. The van der Waals surface area contributed by atoms with Gasteiger partial charge in [0.05, 0.1) is 10.5 Å². The first kappa shape index (κ1) is 15.4. The van der Waals surface area contributed by atoms with Crippen molar-refractivity contribution >= 4 is 23.2 Å². The molecule has 1 aromatic heterocycles. The van der Waals surface area contributed by atoms with Gasteiger partial charge in [-0.3, -0.25) is 14.9 Å². The SMILES string of the molecule is CC(C)CCN(C)C(=O)c1cc([N+](=O)[O-])cnc1Cl. The van der Waals surface area contributed by atoms with Gasteiger partial charge in [0.2, 0.25) is 0 Å². The Morgan fingerprint density at radius 3 is 2.74 bits per heavy atom. The van der Waals surface area contributed by atoms with Crippen LogP contribution < -0.4 is 0 Å². The number of hydrogen-bond acceptors (Lipinski definition) is 4. The lowest BCUT2D eigenvalue weighted by atomic mass is 10.1. The molecule has 0 aliphatic heterocycles. The molecule has 104 valence electrons. The van der Waals surface area contributed by atoms with Crippen LogP contribution in [0.5, 0.6) is 0 Å². The number of amides is 1. The molecule has 0 N–H and O–H groups in total. The molecule has 0 saturated heterocycles. The molecule has 19 heavy (non-hydrogen) atoms. The quantitative estimate of drug-likeness (QED) is 0.473. The Balaban J connectivity index is 2.92. The van der Waals surface area contributed by atoms with Gasteiger partial charge in [-0.05, 0) is 12.3 Å². The fourth-order valence-corrected chi connectivity index (χ4v) is 1.63. The molecule has 6 nitrogen and oxygen atoms in total. The minimum Gasteiger partial charge on any atom is -0.342 e. The maximum absolute atomic E-state index is 12.1. The molecule has 1 aromatic rings. The van der Waals surface area contributed by atoms with Crippen molar-refractivity contribution in [3.8, 4) is 0 Å². The number of carbonyl (C=O) groups is 1. The fourth-order valence-electron chi connectivity index (χ4n) is 1.45. The highest BCUT2D eigenvalue weighted by molar-refractivity contribution is 6.32. The number of carbonyl (C=O) groups excluding carboxylic acids is 1. The molecule has 1 heterocycles. The molecule has 1 amide bonds. The van der Waals surface area contributed by atoms with Gasteiger partial charge < -0.3 is 4.90 Å². The van der Waals surface area contributed by atoms with Crippen LogP contribution in [-0.4, -0.2) is 34.3 Å². The lowest BCUT2D eigenvalue weighted by Crippen LogP contribution is -2.29. The highest BCUT2D eigenvalue weighted by Gasteiger charge is 2.20. The van der Waals surface area contributed by atoms with Crippen LogP contribution in [0.3, 0.4) is 0 Å². The maximum atomic E-state index is 12.1. The monoisotopic (exact) mass is 285 g/mol. The highest BCUT2D eigenvalue weighted by Crippen LogP contribution is 2.20. The van der Waals surface area contributed by atoms with E-state index in [1.165, 1.54) is 4.90 Å². The molecule has 0 spiro atoms. The molecule has 7 heteroatoms. The minimum absolute atomic E-state index is 0.0213. The standard InChI is InChI=1S/C12H16ClN3O3/c1-8(2)4-5-15(3)12(17)10-6-9(16(18)19)7-14-11(10)13/h6-8H,4-5H2,1-3H3. The first-order chi connectivity index (χ1) is 8.82. The van der Waals surface area contributed by atoms with Crippen molar-refractivity contribution in [1.29, 1.82) is 0 Å². The van der Waals surface area contributed by atoms with Crippen molar-refractivity contribution in [2.24, 2.45) is 5.92 Å². The molecule has 0 fully saturated rings. The van der Waals surface area contributed by atoms with Crippen molar-refractivity contribution < 1.29 is 9.72 Å². The average molecular weight is 286 g/mol. The van der Waals surface area contributed by atoms with Gasteiger partial charge in [-0.25, -0.2) is 4.98 Å². The van der Waals surface area contributed by atoms with Gasteiger partial charge in [-0.15, -0.1) is 0 Å². The Hall–Kier alpha value is -1.69. The van der Waals surface area contributed by atoms with Crippen molar-refractivity contribution in [2.45, 2.75) is 20.3 Å². The van der Waals surface area contributed by atoms with Crippen molar-refractivity contribution in [2.75, 3.05) is 13.6 Å². The topological polar surface area (TPSA) is 76.3 Å². The van der Waals surface area contributed by atoms with Gasteiger partial charge in [0.15, 0.2) is 0 Å². The highest BCUT2D eigenvalue weighted by atomic mass is 35.5. The lowest BCUT2D eigenvalue weighted by molar-refractivity contribution is -0.385. The average Bonchev–Trinajstić information content (AvgIpc) is 2.35. The van der Waals surface area contributed by atoms with Gasteiger partial charge in [0.1, 0.15) is 11.3 Å². The van der Waals surface area contributed by atoms with Crippen molar-refractivity contribution in [1.82, 2.24) is 9.88 Å². The smallest absolute Gasteiger partial charge is 0.288 e. The molecule has 0 aliphatic carbocycles. The van der Waals surface area contributed by atoms with E-state index in [1.54, 1.807) is 7.05 Å². The largest absolute Gasteiger partial charge is 0.342 e. The van der Waals surface area contributed by atoms with E-state index in [2.05, 4.69) is 18.8 Å². The van der Waals surface area contributed by atoms with Crippen LogP contribution in [-0.2, 0) is 0 Å². The Labute approximate surface area is 116 Å². The van der Waals surface area contributed by atoms with E-state index in [4.69, 9.17) is 11.6 Å². The predicted molar refractivity (Wildman–Crippen MR) is 72.3 cm³/mol. The minimum atomic E-state index is -0.603. The van der Waals surface area contributed by atoms with Gasteiger partial charge in [0.25, 0.3) is 11.6 Å². The molecule has 0 radical (unpaired) electrons. The van der Waals surface area contributed by atoms with Crippen LogP contribution in [0.2, 0.25) is 5.15 Å². The summed E-state index contributed by atoms with van der Waals surface area (Å²) in [6.07, 6.45) is 1.88. The van der Waals surface area contributed by atoms with Crippen molar-refractivity contribution in [3.05, 3.63) is 33.1 Å². The van der Waals surface area contributed by atoms with E-state index in [1.807, 2.05) is 0 Å². The first-order valence-corrected chi connectivity index (χ1v) is 6.26. The number of nitro groups is 1. The Kier molecular flexibility index (Phi) is 5.23. The molecule has 0 atom stereocenters. The number of aromatic nitrogens is 1. The van der Waals surface area contributed by atoms with Gasteiger partial charge in [-0.2, -0.15) is 0 Å². The summed E-state index contributed by atoms with van der Waals surface area (Å²) in [6, 6.07) is 1.16.